The maximum Gasteiger partial charge on any atom is 0.341 e. The van der Waals surface area contributed by atoms with E-state index in [9.17, 15) is 14.4 Å². The van der Waals surface area contributed by atoms with Gasteiger partial charge in [0.25, 0.3) is 5.91 Å². The average molecular weight is 485 g/mol. The number of benzene rings is 1. The van der Waals surface area contributed by atoms with Gasteiger partial charge in [-0.25, -0.2) is 4.79 Å². The Morgan fingerprint density at radius 1 is 1.12 bits per heavy atom. The molecule has 0 saturated carbocycles. The minimum absolute atomic E-state index is 0.191. The van der Waals surface area contributed by atoms with Crippen LogP contribution in [0.15, 0.2) is 36.4 Å². The molecule has 0 radical (unpaired) electrons. The first-order valence-corrected chi connectivity index (χ1v) is 12.2. The number of amides is 2. The van der Waals surface area contributed by atoms with Gasteiger partial charge in [0.15, 0.2) is 0 Å². The molecule has 9 heteroatoms. The Bertz CT molecular complexity index is 1040. The van der Waals surface area contributed by atoms with Crippen molar-refractivity contribution in [1.82, 2.24) is 9.80 Å². The molecule has 1 aromatic heterocycles. The first kappa shape index (κ1) is 25.6. The fraction of sp³-hybridized carbons (Fsp3) is 0.400. The highest BCUT2D eigenvalue weighted by Gasteiger charge is 2.27. The van der Waals surface area contributed by atoms with Gasteiger partial charge in [0, 0.05) is 32.7 Å². The quantitative estimate of drug-likeness (QED) is 0.530. The lowest BCUT2D eigenvalue weighted by molar-refractivity contribution is -0.117. The summed E-state index contributed by atoms with van der Waals surface area (Å²) in [5.74, 6) is -1.46. The lowest BCUT2D eigenvalue weighted by atomic mass is 10.1. The predicted octanol–water partition coefficient (Wildman–Crippen LogP) is 2.99. The van der Waals surface area contributed by atoms with Gasteiger partial charge in [0.1, 0.15) is 5.00 Å². The number of primary amides is 1. The third kappa shape index (κ3) is 6.99. The molecule has 3 N–H and O–H groups in total. The van der Waals surface area contributed by atoms with E-state index in [1.54, 1.807) is 20.8 Å². The van der Waals surface area contributed by atoms with E-state index < -0.39 is 11.9 Å². The molecule has 1 aliphatic rings. The molecule has 0 atom stereocenters. The van der Waals surface area contributed by atoms with E-state index >= 15 is 0 Å². The average Bonchev–Trinajstić information content (AvgIpc) is 3.11. The van der Waals surface area contributed by atoms with Crippen molar-refractivity contribution in [2.24, 2.45) is 5.73 Å². The predicted molar refractivity (Wildman–Crippen MR) is 135 cm³/mol. The van der Waals surface area contributed by atoms with Crippen molar-refractivity contribution >= 4 is 40.2 Å². The summed E-state index contributed by atoms with van der Waals surface area (Å²) in [6.07, 6.45) is 3.95. The molecule has 0 aliphatic carbocycles. The van der Waals surface area contributed by atoms with Gasteiger partial charge < -0.3 is 15.8 Å². The minimum atomic E-state index is -0.640. The number of carbonyl (C=O) groups excluding carboxylic acids is 3. The monoisotopic (exact) mass is 484 g/mol. The molecule has 0 bridgehead atoms. The molecule has 0 spiro atoms. The molecule has 2 heterocycles. The van der Waals surface area contributed by atoms with Crippen LogP contribution in [0.5, 0.6) is 0 Å². The van der Waals surface area contributed by atoms with Crippen LogP contribution in [0.2, 0.25) is 0 Å². The molecule has 3 rings (SSSR count). The van der Waals surface area contributed by atoms with Gasteiger partial charge in [-0.2, -0.15) is 0 Å². The second-order valence-electron chi connectivity index (χ2n) is 8.52. The van der Waals surface area contributed by atoms with Gasteiger partial charge in [-0.1, -0.05) is 42.5 Å². The number of thiophene rings is 1. The smallest absolute Gasteiger partial charge is 0.341 e. The highest BCUT2D eigenvalue weighted by molar-refractivity contribution is 7.18. The van der Waals surface area contributed by atoms with Gasteiger partial charge in [-0.05, 0) is 31.9 Å². The molecule has 8 nitrogen and oxygen atoms in total. The molecule has 2 aromatic rings. The molecule has 182 valence electrons. The second kappa shape index (κ2) is 11.9. The van der Waals surface area contributed by atoms with Crippen molar-refractivity contribution in [3.05, 3.63) is 58.0 Å². The van der Waals surface area contributed by atoms with Crippen LogP contribution in [0, 0.1) is 6.92 Å². The molecule has 34 heavy (non-hydrogen) atoms. The molecule has 1 saturated heterocycles. The Balaban J connectivity index is 1.54. The van der Waals surface area contributed by atoms with Crippen molar-refractivity contribution in [2.45, 2.75) is 26.9 Å². The summed E-state index contributed by atoms with van der Waals surface area (Å²) in [5, 5.41) is 3.09. The molecule has 1 aromatic carbocycles. The molecular formula is C25H32N4O4S. The number of piperazine rings is 1. The Morgan fingerprint density at radius 2 is 1.76 bits per heavy atom. The van der Waals surface area contributed by atoms with E-state index in [1.807, 2.05) is 18.2 Å². The summed E-state index contributed by atoms with van der Waals surface area (Å²) in [6, 6.07) is 10.2. The zero-order valence-electron chi connectivity index (χ0n) is 19.9. The van der Waals surface area contributed by atoms with Gasteiger partial charge in [-0.3, -0.25) is 19.4 Å². The fourth-order valence-electron chi connectivity index (χ4n) is 3.76. The van der Waals surface area contributed by atoms with Crippen LogP contribution < -0.4 is 11.1 Å². The molecular weight excluding hydrogens is 452 g/mol. The lowest BCUT2D eigenvalue weighted by Gasteiger charge is -2.33. The van der Waals surface area contributed by atoms with Crippen LogP contribution in [-0.2, 0) is 9.53 Å². The van der Waals surface area contributed by atoms with E-state index in [-0.39, 0.29) is 29.0 Å². The van der Waals surface area contributed by atoms with Crippen LogP contribution in [0.4, 0.5) is 5.00 Å². The Labute approximate surface area is 204 Å². The van der Waals surface area contributed by atoms with Gasteiger partial charge >= 0.3 is 5.97 Å². The second-order valence-corrected chi connectivity index (χ2v) is 9.54. The zero-order chi connectivity index (χ0) is 24.7. The molecule has 0 unspecified atom stereocenters. The van der Waals surface area contributed by atoms with Crippen LogP contribution >= 0.6 is 11.3 Å². The van der Waals surface area contributed by atoms with Crippen molar-refractivity contribution in [1.29, 1.82) is 0 Å². The molecule has 1 aliphatic heterocycles. The number of ether oxygens (including phenoxy) is 1. The van der Waals surface area contributed by atoms with Crippen molar-refractivity contribution < 1.29 is 19.1 Å². The largest absolute Gasteiger partial charge is 0.459 e. The van der Waals surface area contributed by atoms with Crippen molar-refractivity contribution in [2.75, 3.05) is 44.6 Å². The van der Waals surface area contributed by atoms with E-state index in [0.717, 1.165) is 44.1 Å². The van der Waals surface area contributed by atoms with E-state index in [1.165, 1.54) is 5.56 Å². The first-order chi connectivity index (χ1) is 16.2. The van der Waals surface area contributed by atoms with E-state index in [4.69, 9.17) is 10.5 Å². The highest BCUT2D eigenvalue weighted by atomic mass is 32.1. The van der Waals surface area contributed by atoms with Crippen LogP contribution in [0.25, 0.3) is 6.08 Å². The SMILES string of the molecule is Cc1c(C(N)=O)sc(NC(=O)CN2CCN(CC=Cc3ccccc3)CC2)c1C(=O)OC(C)C. The number of rotatable bonds is 9. The van der Waals surface area contributed by atoms with Crippen LogP contribution in [0.1, 0.15) is 45.0 Å². The third-order valence-electron chi connectivity index (χ3n) is 5.48. The Morgan fingerprint density at radius 3 is 2.38 bits per heavy atom. The summed E-state index contributed by atoms with van der Waals surface area (Å²) in [6.45, 7) is 9.44. The Kier molecular flexibility index (Phi) is 8.98. The normalized spacial score (nSPS) is 15.1. The number of hydrogen-bond donors (Lipinski definition) is 2. The minimum Gasteiger partial charge on any atom is -0.459 e. The van der Waals surface area contributed by atoms with Gasteiger partial charge in [0.05, 0.1) is 23.1 Å². The van der Waals surface area contributed by atoms with Gasteiger partial charge in [-0.15, -0.1) is 11.3 Å². The standard InChI is InChI=1S/C25H32N4O4S/c1-17(2)33-25(32)21-18(3)22(23(26)31)34-24(21)27-20(30)16-29-14-12-28(13-15-29)11-7-10-19-8-5-4-6-9-19/h4-10,17H,11-16H2,1-3H3,(H2,26,31)(H,27,30). The maximum atomic E-state index is 12.7. The number of hydrogen-bond acceptors (Lipinski definition) is 7. The fourth-order valence-corrected chi connectivity index (χ4v) is 4.82. The lowest BCUT2D eigenvalue weighted by Crippen LogP contribution is -2.48. The zero-order valence-corrected chi connectivity index (χ0v) is 20.7. The van der Waals surface area contributed by atoms with E-state index in [2.05, 4.69) is 39.4 Å². The topological polar surface area (TPSA) is 105 Å². The number of anilines is 1. The number of esters is 1. The molecule has 1 fully saturated rings. The number of nitrogens with zero attached hydrogens (tertiary/aromatic N) is 2. The van der Waals surface area contributed by atoms with Crippen molar-refractivity contribution in [3.63, 3.8) is 0 Å². The number of nitrogens with two attached hydrogens (primary N) is 1. The summed E-state index contributed by atoms with van der Waals surface area (Å²) in [5.41, 5.74) is 7.24. The Hall–Kier alpha value is -3.01. The summed E-state index contributed by atoms with van der Waals surface area (Å²) in [7, 11) is 0. The highest BCUT2D eigenvalue weighted by Crippen LogP contribution is 2.33. The van der Waals surface area contributed by atoms with Gasteiger partial charge in [0.2, 0.25) is 5.91 Å². The van der Waals surface area contributed by atoms with Crippen molar-refractivity contribution in [3.8, 4) is 0 Å². The third-order valence-corrected chi connectivity index (χ3v) is 6.70. The van der Waals surface area contributed by atoms with E-state index in [0.29, 0.717) is 10.6 Å². The number of carbonyl (C=O) groups is 3. The first-order valence-electron chi connectivity index (χ1n) is 11.3. The summed E-state index contributed by atoms with van der Waals surface area (Å²) < 4.78 is 5.30. The van der Waals surface area contributed by atoms with Crippen LogP contribution in [0.3, 0.4) is 0 Å². The summed E-state index contributed by atoms with van der Waals surface area (Å²) >= 11 is 1.01. The number of nitrogens with one attached hydrogen (secondary N) is 1. The molecule has 2 amide bonds. The van der Waals surface area contributed by atoms with Crippen LogP contribution in [-0.4, -0.2) is 73.0 Å². The summed E-state index contributed by atoms with van der Waals surface area (Å²) in [4.78, 5) is 41.7. The maximum absolute atomic E-state index is 12.7.